The molecule has 0 bridgehead atoms. The van der Waals surface area contributed by atoms with E-state index in [1.54, 1.807) is 4.68 Å². The summed E-state index contributed by atoms with van der Waals surface area (Å²) in [5, 5.41) is 7.81. The van der Waals surface area contributed by atoms with E-state index in [4.69, 9.17) is 0 Å². The third kappa shape index (κ3) is 2.59. The van der Waals surface area contributed by atoms with Gasteiger partial charge in [0.25, 0.3) is 5.91 Å². The molecule has 116 valence electrons. The fourth-order valence-electron chi connectivity index (χ4n) is 3.88. The van der Waals surface area contributed by atoms with Crippen molar-refractivity contribution in [2.75, 3.05) is 26.2 Å². The first-order chi connectivity index (χ1) is 10.0. The molecule has 0 atom stereocenters. The van der Waals surface area contributed by atoms with Gasteiger partial charge >= 0.3 is 0 Å². The molecule has 0 aromatic carbocycles. The summed E-state index contributed by atoms with van der Waals surface area (Å²) in [7, 11) is 1.90. The van der Waals surface area contributed by atoms with E-state index >= 15 is 0 Å². The molecule has 1 spiro atoms. The summed E-state index contributed by atoms with van der Waals surface area (Å²) in [6.07, 6.45) is 4.83. The zero-order chi connectivity index (χ0) is 15.0. The van der Waals surface area contributed by atoms with Gasteiger partial charge in [0.1, 0.15) is 0 Å². The highest BCUT2D eigenvalue weighted by molar-refractivity contribution is 5.96. The Morgan fingerprint density at radius 1 is 1.14 bits per heavy atom. The molecular weight excluding hydrogens is 264 g/mol. The number of nitrogens with zero attached hydrogens (tertiary/aromatic N) is 3. The minimum absolute atomic E-state index is 0.168. The van der Waals surface area contributed by atoms with Crippen molar-refractivity contribution >= 4 is 5.91 Å². The first-order valence-corrected chi connectivity index (χ1v) is 8.03. The summed E-state index contributed by atoms with van der Waals surface area (Å²) in [6.45, 7) is 7.96. The van der Waals surface area contributed by atoms with Gasteiger partial charge in [-0.1, -0.05) is 0 Å². The van der Waals surface area contributed by atoms with Crippen molar-refractivity contribution in [3.8, 4) is 0 Å². The van der Waals surface area contributed by atoms with Gasteiger partial charge in [0, 0.05) is 25.8 Å². The smallest absolute Gasteiger partial charge is 0.257 e. The Labute approximate surface area is 126 Å². The highest BCUT2D eigenvalue weighted by Crippen LogP contribution is 2.39. The van der Waals surface area contributed by atoms with Crippen LogP contribution in [0.1, 0.15) is 47.4 Å². The van der Waals surface area contributed by atoms with E-state index in [0.717, 1.165) is 56.0 Å². The number of hydrogen-bond donors (Lipinski definition) is 1. The second-order valence-electron chi connectivity index (χ2n) is 6.71. The summed E-state index contributed by atoms with van der Waals surface area (Å²) in [4.78, 5) is 14.8. The fraction of sp³-hybridized carbons (Fsp3) is 0.750. The lowest BCUT2D eigenvalue weighted by Gasteiger charge is -2.44. The summed E-state index contributed by atoms with van der Waals surface area (Å²) >= 11 is 0. The second-order valence-corrected chi connectivity index (χ2v) is 6.71. The summed E-state index contributed by atoms with van der Waals surface area (Å²) < 4.78 is 1.81. The molecule has 0 unspecified atom stereocenters. The van der Waals surface area contributed by atoms with Crippen LogP contribution in [-0.4, -0.2) is 46.8 Å². The molecule has 2 fully saturated rings. The number of piperidine rings is 2. The largest absolute Gasteiger partial charge is 0.338 e. The molecule has 2 aliphatic rings. The van der Waals surface area contributed by atoms with Crippen LogP contribution in [0.25, 0.3) is 0 Å². The molecule has 3 rings (SSSR count). The van der Waals surface area contributed by atoms with E-state index in [-0.39, 0.29) is 5.91 Å². The Morgan fingerprint density at radius 2 is 1.76 bits per heavy atom. The van der Waals surface area contributed by atoms with Gasteiger partial charge in [0.05, 0.1) is 11.3 Å². The van der Waals surface area contributed by atoms with Crippen molar-refractivity contribution < 1.29 is 4.79 Å². The van der Waals surface area contributed by atoms with E-state index in [1.165, 1.54) is 12.8 Å². The fourth-order valence-corrected chi connectivity index (χ4v) is 3.88. The quantitative estimate of drug-likeness (QED) is 0.855. The van der Waals surface area contributed by atoms with Gasteiger partial charge in [-0.3, -0.25) is 9.48 Å². The van der Waals surface area contributed by atoms with E-state index in [9.17, 15) is 4.79 Å². The summed E-state index contributed by atoms with van der Waals surface area (Å²) in [5.74, 6) is 0.168. The predicted octanol–water partition coefficient (Wildman–Crippen LogP) is 1.64. The molecule has 5 heteroatoms. The average Bonchev–Trinajstić information content (AvgIpc) is 2.73. The molecule has 1 N–H and O–H groups in total. The van der Waals surface area contributed by atoms with Crippen molar-refractivity contribution in [3.05, 3.63) is 17.0 Å². The number of likely N-dealkylation sites (tertiary alicyclic amines) is 1. The minimum atomic E-state index is 0.168. The number of carbonyl (C=O) groups is 1. The first-order valence-electron chi connectivity index (χ1n) is 8.03. The molecule has 1 amide bonds. The van der Waals surface area contributed by atoms with Crippen molar-refractivity contribution in [2.24, 2.45) is 12.5 Å². The minimum Gasteiger partial charge on any atom is -0.338 e. The number of nitrogens with one attached hydrogen (secondary N) is 1. The third-order valence-electron chi connectivity index (χ3n) is 5.50. The molecule has 2 aliphatic heterocycles. The van der Waals surface area contributed by atoms with Crippen LogP contribution in [0.2, 0.25) is 0 Å². The lowest BCUT2D eigenvalue weighted by molar-refractivity contribution is 0.0494. The van der Waals surface area contributed by atoms with Gasteiger partial charge in [0.15, 0.2) is 0 Å². The number of carbonyl (C=O) groups excluding carboxylic acids is 1. The van der Waals surface area contributed by atoms with Crippen LogP contribution in [0, 0.1) is 19.3 Å². The Morgan fingerprint density at radius 3 is 2.29 bits per heavy atom. The van der Waals surface area contributed by atoms with Crippen molar-refractivity contribution in [1.29, 1.82) is 0 Å². The topological polar surface area (TPSA) is 50.2 Å². The lowest BCUT2D eigenvalue weighted by atomic mass is 9.71. The predicted molar refractivity (Wildman–Crippen MR) is 82.4 cm³/mol. The molecule has 0 saturated carbocycles. The zero-order valence-electron chi connectivity index (χ0n) is 13.4. The Kier molecular flexibility index (Phi) is 3.78. The second kappa shape index (κ2) is 5.44. The number of aryl methyl sites for hydroxylation is 2. The van der Waals surface area contributed by atoms with Crippen LogP contribution in [0.3, 0.4) is 0 Å². The Bertz CT molecular complexity index is 533. The highest BCUT2D eigenvalue weighted by atomic mass is 16.2. The maximum atomic E-state index is 12.8. The summed E-state index contributed by atoms with van der Waals surface area (Å²) in [6, 6.07) is 0. The van der Waals surface area contributed by atoms with E-state index in [2.05, 4.69) is 10.4 Å². The van der Waals surface area contributed by atoms with Crippen LogP contribution < -0.4 is 5.32 Å². The average molecular weight is 290 g/mol. The first kappa shape index (κ1) is 14.6. The van der Waals surface area contributed by atoms with Crippen LogP contribution in [0.15, 0.2) is 0 Å². The van der Waals surface area contributed by atoms with E-state index in [1.807, 2.05) is 25.8 Å². The maximum absolute atomic E-state index is 12.8. The maximum Gasteiger partial charge on any atom is 0.257 e. The van der Waals surface area contributed by atoms with E-state index < -0.39 is 0 Å². The van der Waals surface area contributed by atoms with Crippen molar-refractivity contribution in [3.63, 3.8) is 0 Å². The highest BCUT2D eigenvalue weighted by Gasteiger charge is 2.37. The van der Waals surface area contributed by atoms with E-state index in [0.29, 0.717) is 5.41 Å². The normalized spacial score (nSPS) is 21.8. The number of hydrogen-bond acceptors (Lipinski definition) is 3. The standard InChI is InChI=1S/C16H26N4O/c1-12-14(13(2)19(3)18-12)15(21)20-10-6-16(7-11-20)4-8-17-9-5-16/h17H,4-11H2,1-3H3. The van der Waals surface area contributed by atoms with Gasteiger partial charge in [-0.05, 0) is 58.0 Å². The SMILES string of the molecule is Cc1nn(C)c(C)c1C(=O)N1CCC2(CCNCC2)CC1. The molecule has 0 radical (unpaired) electrons. The molecule has 3 heterocycles. The van der Waals surface area contributed by atoms with Gasteiger partial charge < -0.3 is 10.2 Å². The number of aromatic nitrogens is 2. The summed E-state index contributed by atoms with van der Waals surface area (Å²) in [5.41, 5.74) is 3.11. The number of rotatable bonds is 1. The Hall–Kier alpha value is -1.36. The molecule has 0 aliphatic carbocycles. The van der Waals surface area contributed by atoms with Gasteiger partial charge in [0.2, 0.25) is 0 Å². The molecule has 5 nitrogen and oxygen atoms in total. The van der Waals surface area contributed by atoms with Gasteiger partial charge in [-0.15, -0.1) is 0 Å². The van der Waals surface area contributed by atoms with Crippen LogP contribution >= 0.6 is 0 Å². The lowest BCUT2D eigenvalue weighted by Crippen LogP contribution is -2.47. The molecule has 1 aromatic heterocycles. The van der Waals surface area contributed by atoms with Crippen molar-refractivity contribution in [1.82, 2.24) is 20.0 Å². The Balaban J connectivity index is 1.70. The molecule has 2 saturated heterocycles. The molecule has 21 heavy (non-hydrogen) atoms. The molecule has 1 aromatic rings. The van der Waals surface area contributed by atoms with Gasteiger partial charge in [-0.25, -0.2) is 0 Å². The van der Waals surface area contributed by atoms with Crippen LogP contribution in [0.5, 0.6) is 0 Å². The van der Waals surface area contributed by atoms with Crippen LogP contribution in [-0.2, 0) is 7.05 Å². The van der Waals surface area contributed by atoms with Gasteiger partial charge in [-0.2, -0.15) is 5.10 Å². The van der Waals surface area contributed by atoms with Crippen molar-refractivity contribution in [2.45, 2.75) is 39.5 Å². The zero-order valence-corrected chi connectivity index (χ0v) is 13.4. The number of amides is 1. The molecular formula is C16H26N4O. The third-order valence-corrected chi connectivity index (χ3v) is 5.50. The monoisotopic (exact) mass is 290 g/mol. The van der Waals surface area contributed by atoms with Crippen LogP contribution in [0.4, 0.5) is 0 Å².